The number of primary amides is 1. The number of benzene rings is 2. The quantitative estimate of drug-likeness (QED) is 0.488. The second-order valence-electron chi connectivity index (χ2n) is 5.08. The van der Waals surface area contributed by atoms with Gasteiger partial charge < -0.3 is 16.4 Å². The Morgan fingerprint density at radius 3 is 2.56 bits per heavy atom. The zero-order valence-corrected chi connectivity index (χ0v) is 13.5. The molecule has 0 radical (unpaired) electrons. The Bertz CT molecular complexity index is 999. The van der Waals surface area contributed by atoms with Gasteiger partial charge in [-0.05, 0) is 29.7 Å². The van der Waals surface area contributed by atoms with Crippen LogP contribution in [0.2, 0.25) is 0 Å². The Kier molecular flexibility index (Phi) is 4.31. The fourth-order valence-corrected chi connectivity index (χ4v) is 3.21. The number of nitrogens with zero attached hydrogens (tertiary/aromatic N) is 1. The number of amides is 3. The molecule has 0 aliphatic carbocycles. The van der Waals surface area contributed by atoms with Crippen LogP contribution in [0.3, 0.4) is 0 Å². The van der Waals surface area contributed by atoms with E-state index < -0.39 is 16.9 Å². The summed E-state index contributed by atoms with van der Waals surface area (Å²) in [6.45, 7) is 0. The summed E-state index contributed by atoms with van der Waals surface area (Å²) < 4.78 is 0.789. The standard InChI is InChI=1S/C16H12N4O4S/c17-15(21)14-7-9-5-6-10(8-13(9)25-14)18-16(22)19-11-3-1-2-4-12(11)20(23)24/h1-8H,(H2,17,21)(H2,18,19,22). The van der Waals surface area contributed by atoms with Gasteiger partial charge in [-0.1, -0.05) is 18.2 Å². The Morgan fingerprint density at radius 2 is 1.84 bits per heavy atom. The van der Waals surface area contributed by atoms with Gasteiger partial charge in [-0.3, -0.25) is 14.9 Å². The van der Waals surface area contributed by atoms with E-state index in [-0.39, 0.29) is 11.4 Å². The monoisotopic (exact) mass is 356 g/mol. The molecule has 0 fully saturated rings. The molecule has 3 rings (SSSR count). The number of carbonyl (C=O) groups excluding carboxylic acids is 2. The average molecular weight is 356 g/mol. The molecule has 126 valence electrons. The number of nitrogens with one attached hydrogen (secondary N) is 2. The number of carbonyl (C=O) groups is 2. The molecule has 8 nitrogen and oxygen atoms in total. The van der Waals surface area contributed by atoms with Crippen LogP contribution < -0.4 is 16.4 Å². The molecule has 4 N–H and O–H groups in total. The lowest BCUT2D eigenvalue weighted by Crippen LogP contribution is -2.19. The maximum absolute atomic E-state index is 12.1. The van der Waals surface area contributed by atoms with Crippen molar-refractivity contribution in [1.82, 2.24) is 0 Å². The largest absolute Gasteiger partial charge is 0.365 e. The van der Waals surface area contributed by atoms with Crippen molar-refractivity contribution in [2.75, 3.05) is 10.6 Å². The number of nitro groups is 1. The number of hydrogen-bond acceptors (Lipinski definition) is 5. The first-order chi connectivity index (χ1) is 11.9. The molecule has 0 atom stereocenters. The zero-order valence-electron chi connectivity index (χ0n) is 12.7. The SMILES string of the molecule is NC(=O)c1cc2ccc(NC(=O)Nc3ccccc3[N+](=O)[O-])cc2s1. The fourth-order valence-electron chi connectivity index (χ4n) is 2.25. The molecule has 2 aromatic carbocycles. The lowest BCUT2D eigenvalue weighted by molar-refractivity contribution is -0.383. The first kappa shape index (κ1) is 16.4. The first-order valence-corrected chi connectivity index (χ1v) is 7.90. The van der Waals surface area contributed by atoms with Crippen molar-refractivity contribution < 1.29 is 14.5 Å². The average Bonchev–Trinajstić information content (AvgIpc) is 2.98. The van der Waals surface area contributed by atoms with Crippen molar-refractivity contribution in [3.05, 3.63) is 63.5 Å². The lowest BCUT2D eigenvalue weighted by atomic mass is 10.2. The minimum Gasteiger partial charge on any atom is -0.365 e. The van der Waals surface area contributed by atoms with Crippen molar-refractivity contribution in [1.29, 1.82) is 0 Å². The third-order valence-electron chi connectivity index (χ3n) is 3.37. The predicted molar refractivity (Wildman–Crippen MR) is 96.1 cm³/mol. The Labute approximate surface area is 145 Å². The van der Waals surface area contributed by atoms with Crippen LogP contribution in [0.25, 0.3) is 10.1 Å². The van der Waals surface area contributed by atoms with Crippen LogP contribution >= 0.6 is 11.3 Å². The van der Waals surface area contributed by atoms with E-state index in [1.807, 2.05) is 0 Å². The Balaban J connectivity index is 1.78. The summed E-state index contributed by atoms with van der Waals surface area (Å²) in [5, 5.41) is 16.9. The van der Waals surface area contributed by atoms with Crippen LogP contribution in [-0.4, -0.2) is 16.9 Å². The highest BCUT2D eigenvalue weighted by molar-refractivity contribution is 7.20. The number of anilines is 2. The number of hydrogen-bond donors (Lipinski definition) is 3. The van der Waals surface area contributed by atoms with Crippen molar-refractivity contribution in [2.24, 2.45) is 5.73 Å². The third-order valence-corrected chi connectivity index (χ3v) is 4.48. The van der Waals surface area contributed by atoms with Gasteiger partial charge in [0, 0.05) is 16.5 Å². The lowest BCUT2D eigenvalue weighted by Gasteiger charge is -2.08. The van der Waals surface area contributed by atoms with Gasteiger partial charge in [-0.2, -0.15) is 0 Å². The van der Waals surface area contributed by atoms with Crippen molar-refractivity contribution in [3.63, 3.8) is 0 Å². The zero-order chi connectivity index (χ0) is 18.0. The summed E-state index contributed by atoms with van der Waals surface area (Å²) in [7, 11) is 0. The molecule has 0 saturated heterocycles. The second kappa shape index (κ2) is 6.57. The summed E-state index contributed by atoms with van der Waals surface area (Å²) in [6.07, 6.45) is 0. The van der Waals surface area contributed by atoms with Crippen LogP contribution in [0.4, 0.5) is 21.9 Å². The van der Waals surface area contributed by atoms with E-state index in [0.717, 1.165) is 10.1 Å². The Hall–Kier alpha value is -3.46. The number of nitrogens with two attached hydrogens (primary N) is 1. The van der Waals surface area contributed by atoms with Crippen molar-refractivity contribution >= 4 is 50.4 Å². The number of para-hydroxylation sites is 2. The van der Waals surface area contributed by atoms with Crippen LogP contribution in [0.15, 0.2) is 48.5 Å². The molecule has 0 saturated carbocycles. The molecule has 25 heavy (non-hydrogen) atoms. The molecule has 0 spiro atoms. The third kappa shape index (κ3) is 3.56. The molecule has 0 bridgehead atoms. The van der Waals surface area contributed by atoms with Gasteiger partial charge in [0.2, 0.25) is 0 Å². The predicted octanol–water partition coefficient (Wildman–Crippen LogP) is 3.55. The number of urea groups is 1. The van der Waals surface area contributed by atoms with Gasteiger partial charge >= 0.3 is 6.03 Å². The van der Waals surface area contributed by atoms with Crippen LogP contribution in [-0.2, 0) is 0 Å². The van der Waals surface area contributed by atoms with E-state index in [4.69, 9.17) is 5.73 Å². The first-order valence-electron chi connectivity index (χ1n) is 7.09. The molecular formula is C16H12N4O4S. The van der Waals surface area contributed by atoms with Gasteiger partial charge in [-0.15, -0.1) is 11.3 Å². The number of rotatable bonds is 4. The van der Waals surface area contributed by atoms with Gasteiger partial charge in [0.05, 0.1) is 9.80 Å². The topological polar surface area (TPSA) is 127 Å². The molecule has 0 unspecified atom stereocenters. The second-order valence-corrected chi connectivity index (χ2v) is 6.16. The number of thiophene rings is 1. The number of fused-ring (bicyclic) bond motifs is 1. The maximum Gasteiger partial charge on any atom is 0.323 e. The van der Waals surface area contributed by atoms with E-state index in [1.54, 1.807) is 30.3 Å². The highest BCUT2D eigenvalue weighted by atomic mass is 32.1. The van der Waals surface area contributed by atoms with Gasteiger partial charge in [0.1, 0.15) is 5.69 Å². The summed E-state index contributed by atoms with van der Waals surface area (Å²) in [6, 6.07) is 12.0. The van der Waals surface area contributed by atoms with Crippen molar-refractivity contribution in [3.8, 4) is 0 Å². The Morgan fingerprint density at radius 1 is 1.08 bits per heavy atom. The van der Waals surface area contributed by atoms with Gasteiger partial charge in [0.15, 0.2) is 0 Å². The summed E-state index contributed by atoms with van der Waals surface area (Å²) >= 11 is 1.22. The number of nitro benzene ring substituents is 1. The van der Waals surface area contributed by atoms with Crippen LogP contribution in [0.5, 0.6) is 0 Å². The van der Waals surface area contributed by atoms with E-state index in [2.05, 4.69) is 10.6 Å². The van der Waals surface area contributed by atoms with E-state index in [0.29, 0.717) is 10.6 Å². The van der Waals surface area contributed by atoms with Crippen LogP contribution in [0, 0.1) is 10.1 Å². The molecule has 0 aliphatic rings. The fraction of sp³-hybridized carbons (Fsp3) is 0. The maximum atomic E-state index is 12.1. The molecule has 0 aliphatic heterocycles. The molecule has 1 aromatic heterocycles. The smallest absolute Gasteiger partial charge is 0.323 e. The highest BCUT2D eigenvalue weighted by Crippen LogP contribution is 2.28. The summed E-state index contributed by atoms with van der Waals surface area (Å²) in [4.78, 5) is 34.1. The van der Waals surface area contributed by atoms with E-state index in [1.165, 1.54) is 29.5 Å². The molecule has 3 amide bonds. The van der Waals surface area contributed by atoms with Gasteiger partial charge in [0.25, 0.3) is 11.6 Å². The highest BCUT2D eigenvalue weighted by Gasteiger charge is 2.15. The van der Waals surface area contributed by atoms with Crippen molar-refractivity contribution in [2.45, 2.75) is 0 Å². The molecule has 3 aromatic rings. The normalized spacial score (nSPS) is 10.4. The molecule has 1 heterocycles. The van der Waals surface area contributed by atoms with E-state index in [9.17, 15) is 19.7 Å². The van der Waals surface area contributed by atoms with E-state index >= 15 is 0 Å². The van der Waals surface area contributed by atoms with Crippen LogP contribution in [0.1, 0.15) is 9.67 Å². The minimum atomic E-state index is -0.611. The van der Waals surface area contributed by atoms with Gasteiger partial charge in [-0.25, -0.2) is 4.79 Å². The molecule has 9 heteroatoms. The summed E-state index contributed by atoms with van der Waals surface area (Å²) in [5.41, 5.74) is 5.64. The summed E-state index contributed by atoms with van der Waals surface area (Å²) in [5.74, 6) is -0.509. The molecular weight excluding hydrogens is 344 g/mol. The minimum absolute atomic E-state index is 0.0956.